The van der Waals surface area contributed by atoms with Gasteiger partial charge in [0.1, 0.15) is 0 Å². The monoisotopic (exact) mass is 522 g/mol. The lowest BCUT2D eigenvalue weighted by Gasteiger charge is -2.15. The molecule has 0 spiro atoms. The molecule has 2 aromatic carbocycles. The average Bonchev–Trinajstić information content (AvgIpc) is 3.21. The molecule has 1 aromatic heterocycles. The predicted octanol–water partition coefficient (Wildman–Crippen LogP) is 4.73. The number of nitro benzene ring substituents is 1. The van der Waals surface area contributed by atoms with Crippen LogP contribution in [0.15, 0.2) is 47.6 Å². The highest BCUT2D eigenvalue weighted by atomic mass is 35.5. The Morgan fingerprint density at radius 3 is 2.50 bits per heavy atom. The minimum atomic E-state index is -0.510. The Morgan fingerprint density at radius 1 is 1.18 bits per heavy atom. The zero-order valence-corrected chi connectivity index (χ0v) is 20.4. The number of thioether (sulfide) groups is 1. The second-order valence-corrected chi connectivity index (χ2v) is 8.83. The third-order valence-corrected chi connectivity index (χ3v) is 6.18. The van der Waals surface area contributed by atoms with Crippen molar-refractivity contribution in [3.05, 3.63) is 74.0 Å². The van der Waals surface area contributed by atoms with Gasteiger partial charge in [-0.1, -0.05) is 35.0 Å². The predicted molar refractivity (Wildman–Crippen MR) is 130 cm³/mol. The third kappa shape index (κ3) is 6.25. The highest BCUT2D eigenvalue weighted by Gasteiger charge is 2.21. The maximum atomic E-state index is 12.6. The maximum absolute atomic E-state index is 12.6. The summed E-state index contributed by atoms with van der Waals surface area (Å²) in [5, 5.41) is 25.8. The standard InChI is InChI=1S/C21H20Cl2N6O4S/c1-3-28-19(12(2)24-20(31)16-9-4-13(22)10-17(16)23)26-27-21(28)34-11-18(30)25-14-5-7-15(8-6-14)29(32)33/h4-10,12H,3,11H2,1-2H3,(H,24,31)(H,25,30)/t12-/m0/s1. The van der Waals surface area contributed by atoms with Crippen molar-refractivity contribution in [2.45, 2.75) is 31.6 Å². The molecule has 0 aliphatic heterocycles. The molecule has 0 saturated carbocycles. The summed E-state index contributed by atoms with van der Waals surface area (Å²) in [6.45, 7) is 4.20. The molecular weight excluding hydrogens is 503 g/mol. The van der Waals surface area contributed by atoms with Crippen LogP contribution in [0.2, 0.25) is 10.0 Å². The summed E-state index contributed by atoms with van der Waals surface area (Å²) < 4.78 is 1.80. The van der Waals surface area contributed by atoms with E-state index in [-0.39, 0.29) is 33.8 Å². The molecule has 0 unspecified atom stereocenters. The van der Waals surface area contributed by atoms with Gasteiger partial charge in [-0.15, -0.1) is 10.2 Å². The Labute approximate surface area is 209 Å². The van der Waals surface area contributed by atoms with Gasteiger partial charge < -0.3 is 15.2 Å². The van der Waals surface area contributed by atoms with Crippen molar-refractivity contribution in [1.29, 1.82) is 0 Å². The first-order chi connectivity index (χ1) is 16.2. The van der Waals surface area contributed by atoms with E-state index in [1.807, 2.05) is 6.92 Å². The lowest BCUT2D eigenvalue weighted by atomic mass is 10.2. The van der Waals surface area contributed by atoms with Crippen LogP contribution in [0.25, 0.3) is 0 Å². The van der Waals surface area contributed by atoms with E-state index in [9.17, 15) is 19.7 Å². The van der Waals surface area contributed by atoms with Crippen molar-refractivity contribution >= 4 is 58.2 Å². The molecule has 3 rings (SSSR count). The van der Waals surface area contributed by atoms with Crippen molar-refractivity contribution in [3.63, 3.8) is 0 Å². The number of hydrogen-bond donors (Lipinski definition) is 2. The van der Waals surface area contributed by atoms with Gasteiger partial charge in [0.15, 0.2) is 11.0 Å². The SMILES string of the molecule is CCn1c(SCC(=O)Nc2ccc([N+](=O)[O-])cc2)nnc1[C@H](C)NC(=O)c1ccc(Cl)cc1Cl. The summed E-state index contributed by atoms with van der Waals surface area (Å²) >= 11 is 13.2. The van der Waals surface area contributed by atoms with Gasteiger partial charge in [-0.2, -0.15) is 0 Å². The van der Waals surface area contributed by atoms with Gasteiger partial charge in [-0.25, -0.2) is 0 Å². The molecule has 0 aliphatic carbocycles. The van der Waals surface area contributed by atoms with Crippen molar-refractivity contribution < 1.29 is 14.5 Å². The van der Waals surface area contributed by atoms with Crippen molar-refractivity contribution in [1.82, 2.24) is 20.1 Å². The van der Waals surface area contributed by atoms with Gasteiger partial charge in [0.25, 0.3) is 11.6 Å². The van der Waals surface area contributed by atoms with Crippen LogP contribution in [0, 0.1) is 10.1 Å². The molecule has 0 radical (unpaired) electrons. The van der Waals surface area contributed by atoms with Crippen molar-refractivity contribution in [3.8, 4) is 0 Å². The number of carbonyl (C=O) groups is 2. The zero-order valence-electron chi connectivity index (χ0n) is 18.1. The van der Waals surface area contributed by atoms with Crippen LogP contribution in [-0.2, 0) is 11.3 Å². The van der Waals surface area contributed by atoms with Gasteiger partial charge in [0.05, 0.1) is 27.3 Å². The minimum absolute atomic E-state index is 0.0518. The molecule has 3 aromatic rings. The van der Waals surface area contributed by atoms with E-state index < -0.39 is 11.0 Å². The molecule has 0 aliphatic rings. The number of nitrogens with zero attached hydrogens (tertiary/aromatic N) is 4. The minimum Gasteiger partial charge on any atom is -0.342 e. The highest BCUT2D eigenvalue weighted by molar-refractivity contribution is 7.99. The summed E-state index contributed by atoms with van der Waals surface area (Å²) in [5.41, 5.74) is 0.680. The number of aromatic nitrogens is 3. The number of amides is 2. The van der Waals surface area contributed by atoms with E-state index >= 15 is 0 Å². The molecule has 10 nitrogen and oxygen atoms in total. The number of halogens is 2. The molecule has 178 valence electrons. The van der Waals surface area contributed by atoms with Crippen LogP contribution >= 0.6 is 35.0 Å². The van der Waals surface area contributed by atoms with Gasteiger partial charge in [0, 0.05) is 29.4 Å². The van der Waals surface area contributed by atoms with E-state index in [0.29, 0.717) is 28.2 Å². The Balaban J connectivity index is 1.62. The van der Waals surface area contributed by atoms with Gasteiger partial charge in [-0.3, -0.25) is 19.7 Å². The van der Waals surface area contributed by atoms with Crippen LogP contribution in [0.1, 0.15) is 36.1 Å². The lowest BCUT2D eigenvalue weighted by molar-refractivity contribution is -0.384. The molecule has 0 bridgehead atoms. The molecule has 1 heterocycles. The Hall–Kier alpha value is -3.15. The number of nitrogens with one attached hydrogen (secondary N) is 2. The number of hydrogen-bond acceptors (Lipinski definition) is 7. The number of anilines is 1. The molecule has 2 N–H and O–H groups in total. The van der Waals surface area contributed by atoms with E-state index in [1.165, 1.54) is 42.1 Å². The third-order valence-electron chi connectivity index (χ3n) is 4.67. The molecular formula is C21H20Cl2N6O4S. The van der Waals surface area contributed by atoms with E-state index in [4.69, 9.17) is 23.2 Å². The smallest absolute Gasteiger partial charge is 0.269 e. The molecule has 0 fully saturated rings. The summed E-state index contributed by atoms with van der Waals surface area (Å²) in [5.74, 6) is -0.100. The van der Waals surface area contributed by atoms with E-state index in [0.717, 1.165) is 0 Å². The fraction of sp³-hybridized carbons (Fsp3) is 0.238. The Morgan fingerprint density at radius 2 is 1.88 bits per heavy atom. The molecule has 34 heavy (non-hydrogen) atoms. The topological polar surface area (TPSA) is 132 Å². The van der Waals surface area contributed by atoms with Gasteiger partial charge in [0.2, 0.25) is 5.91 Å². The summed E-state index contributed by atoms with van der Waals surface area (Å²) in [6, 6.07) is 9.70. The second-order valence-electron chi connectivity index (χ2n) is 7.05. The average molecular weight is 523 g/mol. The Kier molecular flexibility index (Phi) is 8.48. The fourth-order valence-corrected chi connectivity index (χ4v) is 4.33. The molecule has 13 heteroatoms. The fourth-order valence-electron chi connectivity index (χ4n) is 3.03. The van der Waals surface area contributed by atoms with Crippen molar-refractivity contribution in [2.75, 3.05) is 11.1 Å². The van der Waals surface area contributed by atoms with E-state index in [2.05, 4.69) is 20.8 Å². The molecule has 1 atom stereocenters. The van der Waals surface area contributed by atoms with Crippen LogP contribution in [-0.4, -0.2) is 37.3 Å². The summed E-state index contributed by atoms with van der Waals surface area (Å²) in [4.78, 5) is 35.1. The van der Waals surface area contributed by atoms with Crippen LogP contribution in [0.4, 0.5) is 11.4 Å². The summed E-state index contributed by atoms with van der Waals surface area (Å²) in [6.07, 6.45) is 0. The van der Waals surface area contributed by atoms with Crippen molar-refractivity contribution in [2.24, 2.45) is 0 Å². The number of carbonyl (C=O) groups excluding carboxylic acids is 2. The number of non-ortho nitro benzene ring substituents is 1. The lowest BCUT2D eigenvalue weighted by Crippen LogP contribution is -2.29. The Bertz CT molecular complexity index is 1220. The van der Waals surface area contributed by atoms with Crippen LogP contribution in [0.3, 0.4) is 0 Å². The molecule has 2 amide bonds. The maximum Gasteiger partial charge on any atom is 0.269 e. The van der Waals surface area contributed by atoms with Crippen LogP contribution in [0.5, 0.6) is 0 Å². The first-order valence-electron chi connectivity index (χ1n) is 10.1. The number of benzene rings is 2. The highest BCUT2D eigenvalue weighted by Crippen LogP contribution is 2.24. The zero-order chi connectivity index (χ0) is 24.8. The van der Waals surface area contributed by atoms with Gasteiger partial charge in [-0.05, 0) is 44.2 Å². The van der Waals surface area contributed by atoms with Gasteiger partial charge >= 0.3 is 0 Å². The largest absolute Gasteiger partial charge is 0.342 e. The second kappa shape index (κ2) is 11.3. The summed E-state index contributed by atoms with van der Waals surface area (Å²) in [7, 11) is 0. The number of nitro groups is 1. The van der Waals surface area contributed by atoms with Crippen LogP contribution < -0.4 is 10.6 Å². The van der Waals surface area contributed by atoms with E-state index in [1.54, 1.807) is 23.6 Å². The first-order valence-corrected chi connectivity index (χ1v) is 11.8. The molecule has 0 saturated heterocycles. The normalized spacial score (nSPS) is 11.6. The quantitative estimate of drug-likeness (QED) is 0.235. The first kappa shape index (κ1) is 25.5. The number of rotatable bonds is 9.